The molecule has 0 aliphatic carbocycles. The van der Waals surface area contributed by atoms with Gasteiger partial charge in [0, 0.05) is 17.1 Å². The van der Waals surface area contributed by atoms with E-state index in [-0.39, 0.29) is 11.3 Å². The summed E-state index contributed by atoms with van der Waals surface area (Å²) >= 11 is 5.79. The normalized spacial score (nSPS) is 10.4. The van der Waals surface area contributed by atoms with Crippen molar-refractivity contribution in [2.45, 2.75) is 13.3 Å². The van der Waals surface area contributed by atoms with Crippen molar-refractivity contribution in [2.75, 3.05) is 6.54 Å². The van der Waals surface area contributed by atoms with Crippen molar-refractivity contribution in [1.29, 1.82) is 0 Å². The van der Waals surface area contributed by atoms with E-state index in [1.54, 1.807) is 24.3 Å². The van der Waals surface area contributed by atoms with Gasteiger partial charge in [-0.2, -0.15) is 0 Å². The van der Waals surface area contributed by atoms with Crippen molar-refractivity contribution in [2.24, 2.45) is 0 Å². The molecule has 110 valence electrons. The number of hydrogen-bond acceptors (Lipinski definition) is 5. The van der Waals surface area contributed by atoms with E-state index in [9.17, 15) is 14.9 Å². The lowest BCUT2D eigenvalue weighted by molar-refractivity contribution is -0.391. The number of aromatic nitrogens is 1. The summed E-state index contributed by atoms with van der Waals surface area (Å²) in [7, 11) is 0. The zero-order valence-corrected chi connectivity index (χ0v) is 11.9. The fourth-order valence-corrected chi connectivity index (χ4v) is 1.86. The summed E-state index contributed by atoms with van der Waals surface area (Å²) in [5.41, 5.74) is 0.303. The van der Waals surface area contributed by atoms with Gasteiger partial charge in [0.05, 0.1) is 0 Å². The lowest BCUT2D eigenvalue weighted by Gasteiger charge is -2.02. The van der Waals surface area contributed by atoms with Crippen molar-refractivity contribution in [3.63, 3.8) is 0 Å². The highest BCUT2D eigenvalue weighted by molar-refractivity contribution is 6.30. The van der Waals surface area contributed by atoms with Gasteiger partial charge >= 0.3 is 5.82 Å². The first-order valence-electron chi connectivity index (χ1n) is 6.22. The van der Waals surface area contributed by atoms with Crippen molar-refractivity contribution in [1.82, 2.24) is 10.5 Å². The first-order valence-corrected chi connectivity index (χ1v) is 6.60. The highest BCUT2D eigenvalue weighted by atomic mass is 35.5. The molecule has 1 amide bonds. The highest BCUT2D eigenvalue weighted by Gasteiger charge is 2.32. The third-order valence-corrected chi connectivity index (χ3v) is 2.97. The maximum Gasteiger partial charge on any atom is 0.427 e. The summed E-state index contributed by atoms with van der Waals surface area (Å²) in [6, 6.07) is 6.39. The van der Waals surface area contributed by atoms with Crippen LogP contribution in [0.5, 0.6) is 0 Å². The maximum absolute atomic E-state index is 12.1. The van der Waals surface area contributed by atoms with Crippen LogP contribution in [0.2, 0.25) is 5.02 Å². The largest absolute Gasteiger partial charge is 0.427 e. The van der Waals surface area contributed by atoms with Gasteiger partial charge in [-0.3, -0.25) is 9.32 Å². The quantitative estimate of drug-likeness (QED) is 0.676. The second-order valence-corrected chi connectivity index (χ2v) is 4.67. The van der Waals surface area contributed by atoms with Crippen molar-refractivity contribution < 1.29 is 14.2 Å². The highest BCUT2D eigenvalue weighted by Crippen LogP contribution is 2.31. The number of rotatable bonds is 5. The van der Waals surface area contributed by atoms with Crippen LogP contribution < -0.4 is 5.32 Å². The molecule has 0 radical (unpaired) electrons. The Balaban J connectivity index is 2.48. The summed E-state index contributed by atoms with van der Waals surface area (Å²) < 4.78 is 4.99. The van der Waals surface area contributed by atoms with Crippen molar-refractivity contribution in [3.05, 3.63) is 45.0 Å². The Morgan fingerprint density at radius 1 is 1.43 bits per heavy atom. The third-order valence-electron chi connectivity index (χ3n) is 2.72. The minimum absolute atomic E-state index is 0.0481. The number of amides is 1. The van der Waals surface area contributed by atoms with Crippen LogP contribution >= 0.6 is 11.6 Å². The molecule has 7 nitrogen and oxygen atoms in total. The fourth-order valence-electron chi connectivity index (χ4n) is 1.74. The predicted octanol–water partition coefficient (Wildman–Crippen LogP) is 3.04. The van der Waals surface area contributed by atoms with Gasteiger partial charge in [-0.25, -0.2) is 0 Å². The molecule has 1 N–H and O–H groups in total. The molecule has 0 aliphatic rings. The van der Waals surface area contributed by atoms with Crippen LogP contribution in [0.4, 0.5) is 5.82 Å². The first-order chi connectivity index (χ1) is 10.0. The molecule has 1 aromatic heterocycles. The van der Waals surface area contributed by atoms with Gasteiger partial charge < -0.3 is 15.4 Å². The number of carbonyl (C=O) groups is 1. The van der Waals surface area contributed by atoms with Gasteiger partial charge in [-0.15, -0.1) is 0 Å². The first kappa shape index (κ1) is 15.0. The molecule has 0 aliphatic heterocycles. The molecule has 0 saturated heterocycles. The zero-order valence-electron chi connectivity index (χ0n) is 11.1. The van der Waals surface area contributed by atoms with Crippen LogP contribution in [0, 0.1) is 10.1 Å². The Bertz CT molecular complexity index is 667. The van der Waals surface area contributed by atoms with E-state index in [1.165, 1.54) is 0 Å². The zero-order chi connectivity index (χ0) is 15.4. The van der Waals surface area contributed by atoms with Crippen molar-refractivity contribution in [3.8, 4) is 11.3 Å². The number of nitrogens with zero attached hydrogens (tertiary/aromatic N) is 2. The molecule has 1 heterocycles. The Hall–Kier alpha value is -2.41. The number of benzene rings is 1. The average molecular weight is 310 g/mol. The Kier molecular flexibility index (Phi) is 4.54. The average Bonchev–Trinajstić information content (AvgIpc) is 2.90. The van der Waals surface area contributed by atoms with Gasteiger partial charge in [0.15, 0.2) is 10.7 Å². The van der Waals surface area contributed by atoms with E-state index in [4.69, 9.17) is 16.1 Å². The van der Waals surface area contributed by atoms with Gasteiger partial charge in [0.25, 0.3) is 5.91 Å². The van der Waals surface area contributed by atoms with E-state index >= 15 is 0 Å². The Morgan fingerprint density at radius 3 is 2.67 bits per heavy atom. The van der Waals surface area contributed by atoms with E-state index < -0.39 is 16.6 Å². The van der Waals surface area contributed by atoms with Crippen molar-refractivity contribution >= 4 is 23.3 Å². The van der Waals surface area contributed by atoms with E-state index in [0.29, 0.717) is 23.6 Å². The van der Waals surface area contributed by atoms with E-state index in [2.05, 4.69) is 10.5 Å². The van der Waals surface area contributed by atoms with Crippen LogP contribution in [-0.4, -0.2) is 22.5 Å². The smallest absolute Gasteiger partial charge is 0.358 e. The number of nitro groups is 1. The third kappa shape index (κ3) is 3.19. The minimum Gasteiger partial charge on any atom is -0.358 e. The molecule has 0 bridgehead atoms. The number of halogens is 1. The summed E-state index contributed by atoms with van der Waals surface area (Å²) in [5.74, 6) is -1.14. The van der Waals surface area contributed by atoms with Crippen LogP contribution in [-0.2, 0) is 0 Å². The molecule has 8 heteroatoms. The Labute approximate surface area is 125 Å². The maximum atomic E-state index is 12.1. The standard InChI is InChI=1S/C13H12ClN3O4/c1-2-7-15-13(18)10-11(21-16-12(10)17(19)20)8-3-5-9(14)6-4-8/h3-6H,2,7H2,1H3,(H,15,18). The monoisotopic (exact) mass is 309 g/mol. The fraction of sp³-hybridized carbons (Fsp3) is 0.231. The van der Waals surface area contributed by atoms with Crippen LogP contribution in [0.15, 0.2) is 28.8 Å². The molecule has 0 atom stereocenters. The molecule has 0 fully saturated rings. The lowest BCUT2D eigenvalue weighted by Crippen LogP contribution is -2.24. The van der Waals surface area contributed by atoms with Gasteiger partial charge in [0.1, 0.15) is 0 Å². The number of hydrogen-bond donors (Lipinski definition) is 1. The molecule has 1 aromatic carbocycles. The molecular formula is C13H12ClN3O4. The summed E-state index contributed by atoms with van der Waals surface area (Å²) in [6.45, 7) is 2.28. The lowest BCUT2D eigenvalue weighted by atomic mass is 10.1. The topological polar surface area (TPSA) is 98.3 Å². The predicted molar refractivity (Wildman–Crippen MR) is 76.2 cm³/mol. The summed E-state index contributed by atoms with van der Waals surface area (Å²) in [5, 5.41) is 17.4. The second kappa shape index (κ2) is 6.36. The Morgan fingerprint density at radius 2 is 2.10 bits per heavy atom. The molecule has 21 heavy (non-hydrogen) atoms. The second-order valence-electron chi connectivity index (χ2n) is 4.23. The molecule has 2 aromatic rings. The summed E-state index contributed by atoms with van der Waals surface area (Å²) in [4.78, 5) is 22.3. The molecule has 2 rings (SSSR count). The van der Waals surface area contributed by atoms with E-state index in [1.807, 2.05) is 6.92 Å². The molecule has 0 spiro atoms. The number of carbonyl (C=O) groups excluding carboxylic acids is 1. The molecule has 0 saturated carbocycles. The van der Waals surface area contributed by atoms with Gasteiger partial charge in [-0.1, -0.05) is 18.5 Å². The molecular weight excluding hydrogens is 298 g/mol. The van der Waals surface area contributed by atoms with Crippen LogP contribution in [0.25, 0.3) is 11.3 Å². The molecule has 0 unspecified atom stereocenters. The number of nitrogens with one attached hydrogen (secondary N) is 1. The van der Waals surface area contributed by atoms with Crippen LogP contribution in [0.1, 0.15) is 23.7 Å². The van der Waals surface area contributed by atoms with E-state index in [0.717, 1.165) is 0 Å². The SMILES string of the molecule is CCCNC(=O)c1c([N+](=O)[O-])noc1-c1ccc(Cl)cc1. The minimum atomic E-state index is -0.746. The van der Waals surface area contributed by atoms with Gasteiger partial charge in [-0.05, 0) is 35.6 Å². The summed E-state index contributed by atoms with van der Waals surface area (Å²) in [6.07, 6.45) is 0.709. The van der Waals surface area contributed by atoms with Crippen LogP contribution in [0.3, 0.4) is 0 Å². The van der Waals surface area contributed by atoms with Gasteiger partial charge in [0.2, 0.25) is 5.76 Å².